The standard InChI is InChI=1S/C8H18NOP/c1-8(2)11(10-3)9-6-4-5-7-9/h8H,4-7H2,1-3H3. The zero-order chi connectivity index (χ0) is 8.27. The minimum atomic E-state index is -0.285. The van der Waals surface area contributed by atoms with Gasteiger partial charge in [0.2, 0.25) is 0 Å². The first-order valence-corrected chi connectivity index (χ1v) is 5.62. The van der Waals surface area contributed by atoms with E-state index in [1.54, 1.807) is 0 Å². The largest absolute Gasteiger partial charge is 0.346 e. The van der Waals surface area contributed by atoms with Gasteiger partial charge in [0.1, 0.15) is 8.30 Å². The molecule has 11 heavy (non-hydrogen) atoms. The van der Waals surface area contributed by atoms with E-state index in [1.807, 2.05) is 7.11 Å². The van der Waals surface area contributed by atoms with E-state index >= 15 is 0 Å². The Morgan fingerprint density at radius 3 is 2.18 bits per heavy atom. The second-order valence-corrected chi connectivity index (χ2v) is 5.81. The van der Waals surface area contributed by atoms with E-state index in [1.165, 1.54) is 25.9 Å². The molecule has 3 heteroatoms. The molecule has 0 aromatic rings. The molecule has 0 radical (unpaired) electrons. The Bertz CT molecular complexity index is 113. The Kier molecular flexibility index (Phi) is 3.77. The molecular formula is C8H18NOP. The van der Waals surface area contributed by atoms with Gasteiger partial charge in [-0.3, -0.25) is 4.67 Å². The van der Waals surface area contributed by atoms with Gasteiger partial charge in [0.15, 0.2) is 0 Å². The summed E-state index contributed by atoms with van der Waals surface area (Å²) in [6.45, 7) is 6.98. The first-order chi connectivity index (χ1) is 5.25. The average Bonchev–Trinajstić information content (AvgIpc) is 2.40. The molecule has 66 valence electrons. The molecule has 1 rings (SSSR count). The number of rotatable bonds is 3. The molecule has 1 atom stereocenters. The van der Waals surface area contributed by atoms with Gasteiger partial charge in [-0.25, -0.2) is 0 Å². The summed E-state index contributed by atoms with van der Waals surface area (Å²) in [4.78, 5) is 0. The van der Waals surface area contributed by atoms with Crippen LogP contribution in [0.15, 0.2) is 0 Å². The van der Waals surface area contributed by atoms with Gasteiger partial charge < -0.3 is 4.52 Å². The van der Waals surface area contributed by atoms with Gasteiger partial charge in [0.05, 0.1) is 0 Å². The zero-order valence-electron chi connectivity index (χ0n) is 7.71. The van der Waals surface area contributed by atoms with Crippen molar-refractivity contribution in [3.05, 3.63) is 0 Å². The molecule has 0 N–H and O–H groups in total. The van der Waals surface area contributed by atoms with Crippen LogP contribution in [0.25, 0.3) is 0 Å². The van der Waals surface area contributed by atoms with Crippen LogP contribution in [0.5, 0.6) is 0 Å². The maximum absolute atomic E-state index is 5.49. The SMILES string of the molecule is COP(C(C)C)N1CCCC1. The van der Waals surface area contributed by atoms with Crippen LogP contribution in [0.4, 0.5) is 0 Å². The molecule has 0 bridgehead atoms. The maximum atomic E-state index is 5.49. The van der Waals surface area contributed by atoms with E-state index in [2.05, 4.69) is 18.5 Å². The van der Waals surface area contributed by atoms with E-state index in [-0.39, 0.29) is 8.30 Å². The quantitative estimate of drug-likeness (QED) is 0.611. The fourth-order valence-electron chi connectivity index (χ4n) is 1.55. The highest BCUT2D eigenvalue weighted by Crippen LogP contribution is 2.46. The minimum Gasteiger partial charge on any atom is -0.346 e. The highest BCUT2D eigenvalue weighted by molar-refractivity contribution is 7.50. The summed E-state index contributed by atoms with van der Waals surface area (Å²) in [5.74, 6) is 0. The van der Waals surface area contributed by atoms with Crippen molar-refractivity contribution < 1.29 is 4.52 Å². The Hall–Kier alpha value is 0.350. The minimum absolute atomic E-state index is 0.285. The van der Waals surface area contributed by atoms with Gasteiger partial charge >= 0.3 is 0 Å². The summed E-state index contributed by atoms with van der Waals surface area (Å²) in [6.07, 6.45) is 2.71. The molecule has 1 aliphatic heterocycles. The third-order valence-electron chi connectivity index (χ3n) is 1.99. The van der Waals surface area contributed by atoms with Crippen molar-refractivity contribution in [2.75, 3.05) is 20.2 Å². The van der Waals surface area contributed by atoms with Crippen molar-refractivity contribution in [3.8, 4) is 0 Å². The Balaban J connectivity index is 2.40. The van der Waals surface area contributed by atoms with Crippen LogP contribution < -0.4 is 0 Å². The van der Waals surface area contributed by atoms with E-state index in [4.69, 9.17) is 4.52 Å². The van der Waals surface area contributed by atoms with Gasteiger partial charge in [-0.2, -0.15) is 0 Å². The molecule has 0 saturated carbocycles. The lowest BCUT2D eigenvalue weighted by Gasteiger charge is -2.28. The normalized spacial score (nSPS) is 22.9. The van der Waals surface area contributed by atoms with Gasteiger partial charge in [-0.1, -0.05) is 13.8 Å². The molecule has 1 heterocycles. The third kappa shape index (κ3) is 2.40. The van der Waals surface area contributed by atoms with Crippen LogP contribution in [0.1, 0.15) is 26.7 Å². The Morgan fingerprint density at radius 1 is 1.27 bits per heavy atom. The van der Waals surface area contributed by atoms with E-state index in [0.29, 0.717) is 5.66 Å². The predicted molar refractivity (Wildman–Crippen MR) is 49.9 cm³/mol. The highest BCUT2D eigenvalue weighted by atomic mass is 31.2. The Morgan fingerprint density at radius 2 is 1.82 bits per heavy atom. The molecule has 0 aliphatic carbocycles. The second-order valence-electron chi connectivity index (χ2n) is 3.24. The molecule has 1 aliphatic rings. The summed E-state index contributed by atoms with van der Waals surface area (Å²) in [7, 11) is 1.55. The summed E-state index contributed by atoms with van der Waals surface area (Å²) >= 11 is 0. The lowest BCUT2D eigenvalue weighted by atomic mass is 10.4. The van der Waals surface area contributed by atoms with Gasteiger partial charge in [0, 0.05) is 25.9 Å². The fourth-order valence-corrected chi connectivity index (χ4v) is 3.53. The van der Waals surface area contributed by atoms with Gasteiger partial charge in [-0.15, -0.1) is 0 Å². The Labute approximate surface area is 70.8 Å². The van der Waals surface area contributed by atoms with Crippen molar-refractivity contribution in [2.24, 2.45) is 0 Å². The molecule has 0 amide bonds. The molecule has 2 nitrogen and oxygen atoms in total. The summed E-state index contributed by atoms with van der Waals surface area (Å²) in [6, 6.07) is 0. The van der Waals surface area contributed by atoms with Gasteiger partial charge in [0.25, 0.3) is 0 Å². The van der Waals surface area contributed by atoms with Crippen LogP contribution in [0.3, 0.4) is 0 Å². The number of hydrogen-bond acceptors (Lipinski definition) is 2. The fraction of sp³-hybridized carbons (Fsp3) is 1.00. The monoisotopic (exact) mass is 175 g/mol. The number of hydrogen-bond donors (Lipinski definition) is 0. The molecule has 1 saturated heterocycles. The van der Waals surface area contributed by atoms with Crippen molar-refractivity contribution in [2.45, 2.75) is 32.3 Å². The first-order valence-electron chi connectivity index (χ1n) is 4.34. The average molecular weight is 175 g/mol. The summed E-state index contributed by atoms with van der Waals surface area (Å²) in [5.41, 5.74) is 0.674. The van der Waals surface area contributed by atoms with Crippen molar-refractivity contribution in [1.82, 2.24) is 4.67 Å². The van der Waals surface area contributed by atoms with Crippen LogP contribution in [0.2, 0.25) is 0 Å². The van der Waals surface area contributed by atoms with Crippen molar-refractivity contribution >= 4 is 8.30 Å². The molecule has 0 spiro atoms. The summed E-state index contributed by atoms with van der Waals surface area (Å²) < 4.78 is 7.99. The smallest absolute Gasteiger partial charge is 0.106 e. The summed E-state index contributed by atoms with van der Waals surface area (Å²) in [5, 5.41) is 0. The molecular weight excluding hydrogens is 157 g/mol. The molecule has 1 fully saturated rings. The molecule has 1 unspecified atom stereocenters. The molecule has 0 aromatic heterocycles. The topological polar surface area (TPSA) is 12.5 Å². The van der Waals surface area contributed by atoms with Crippen molar-refractivity contribution in [3.63, 3.8) is 0 Å². The van der Waals surface area contributed by atoms with E-state index < -0.39 is 0 Å². The predicted octanol–water partition coefficient (Wildman–Crippen LogP) is 2.45. The first kappa shape index (κ1) is 9.44. The van der Waals surface area contributed by atoms with Crippen LogP contribution in [0, 0.1) is 0 Å². The maximum Gasteiger partial charge on any atom is 0.106 e. The van der Waals surface area contributed by atoms with Crippen molar-refractivity contribution in [1.29, 1.82) is 0 Å². The van der Waals surface area contributed by atoms with E-state index in [9.17, 15) is 0 Å². The van der Waals surface area contributed by atoms with Crippen LogP contribution in [-0.4, -0.2) is 30.5 Å². The zero-order valence-corrected chi connectivity index (χ0v) is 8.60. The number of nitrogens with zero attached hydrogens (tertiary/aromatic N) is 1. The molecule has 0 aromatic carbocycles. The second kappa shape index (κ2) is 4.39. The lowest BCUT2D eigenvalue weighted by molar-refractivity contribution is 0.391. The van der Waals surface area contributed by atoms with Crippen LogP contribution >= 0.6 is 8.30 Å². The highest BCUT2D eigenvalue weighted by Gasteiger charge is 2.24. The lowest BCUT2D eigenvalue weighted by Crippen LogP contribution is -2.18. The third-order valence-corrected chi connectivity index (χ3v) is 4.21. The van der Waals surface area contributed by atoms with Gasteiger partial charge in [-0.05, 0) is 12.8 Å². The van der Waals surface area contributed by atoms with E-state index in [0.717, 1.165) is 0 Å². The van der Waals surface area contributed by atoms with Crippen LogP contribution in [-0.2, 0) is 4.52 Å².